The first-order valence-corrected chi connectivity index (χ1v) is 8.14. The van der Waals surface area contributed by atoms with E-state index < -0.39 is 0 Å². The summed E-state index contributed by atoms with van der Waals surface area (Å²) in [6.45, 7) is 0.512. The fraction of sp³-hybridized carbons (Fsp3) is 0.188. The fourth-order valence-electron chi connectivity index (χ4n) is 2.32. The largest absolute Gasteiger partial charge is 0.467 e. The van der Waals surface area contributed by atoms with Gasteiger partial charge in [-0.3, -0.25) is 4.79 Å². The first-order chi connectivity index (χ1) is 11.8. The van der Waals surface area contributed by atoms with Crippen LogP contribution < -0.4 is 19.5 Å². The molecule has 0 bridgehead atoms. The van der Waals surface area contributed by atoms with Crippen molar-refractivity contribution >= 4 is 27.5 Å². The third-order valence-electron chi connectivity index (χ3n) is 3.49. The molecule has 0 atom stereocenters. The number of amides is 1. The summed E-state index contributed by atoms with van der Waals surface area (Å²) in [5, 5.41) is 5.52. The van der Waals surface area contributed by atoms with Gasteiger partial charge in [-0.15, -0.1) is 11.3 Å². The van der Waals surface area contributed by atoms with Gasteiger partial charge in [0.2, 0.25) is 12.7 Å². The molecule has 1 N–H and O–H groups in total. The third kappa shape index (κ3) is 2.95. The Bertz CT molecular complexity index is 896. The van der Waals surface area contributed by atoms with Gasteiger partial charge in [-0.2, -0.15) is 0 Å². The fourth-order valence-corrected chi connectivity index (χ4v) is 3.04. The van der Waals surface area contributed by atoms with Crippen LogP contribution in [0, 0.1) is 0 Å². The number of nitrogens with zero attached hydrogens (tertiary/aromatic N) is 2. The van der Waals surface area contributed by atoms with Gasteiger partial charge in [-0.25, -0.2) is 9.97 Å². The third-order valence-corrected chi connectivity index (χ3v) is 4.31. The number of thiophene rings is 1. The van der Waals surface area contributed by atoms with E-state index in [9.17, 15) is 4.79 Å². The molecule has 0 saturated heterocycles. The molecule has 0 radical (unpaired) electrons. The van der Waals surface area contributed by atoms with Crippen LogP contribution in [0.1, 0.15) is 5.56 Å². The van der Waals surface area contributed by atoms with E-state index in [2.05, 4.69) is 15.3 Å². The highest BCUT2D eigenvalue weighted by molar-refractivity contribution is 7.16. The molecule has 8 heteroatoms. The van der Waals surface area contributed by atoms with Crippen molar-refractivity contribution < 1.29 is 19.0 Å². The number of carbonyl (C=O) groups excluding carboxylic acids is 1. The normalized spacial score (nSPS) is 12.3. The lowest BCUT2D eigenvalue weighted by molar-refractivity contribution is -0.123. The summed E-state index contributed by atoms with van der Waals surface area (Å²) >= 11 is 1.50. The zero-order chi connectivity index (χ0) is 16.4. The maximum absolute atomic E-state index is 12.0. The highest BCUT2D eigenvalue weighted by Crippen LogP contribution is 2.32. The molecule has 2 aromatic heterocycles. The maximum Gasteiger partial charge on any atom is 0.258 e. The Labute approximate surface area is 141 Å². The summed E-state index contributed by atoms with van der Waals surface area (Å²) in [6.07, 6.45) is 1.43. The molecule has 0 spiro atoms. The summed E-state index contributed by atoms with van der Waals surface area (Å²) < 4.78 is 16.1. The molecule has 7 nitrogen and oxygen atoms in total. The van der Waals surface area contributed by atoms with E-state index in [0.717, 1.165) is 21.5 Å². The standard InChI is InChI=1S/C16H13N3O4S/c20-14(7-21-15-11-3-4-24-16(11)19-8-18-15)17-6-10-1-2-12-13(5-10)23-9-22-12/h1-5,8H,6-7,9H2,(H,17,20). The minimum Gasteiger partial charge on any atom is -0.467 e. The van der Waals surface area contributed by atoms with Crippen LogP contribution in [-0.2, 0) is 11.3 Å². The second-order valence-electron chi connectivity index (χ2n) is 5.07. The molecule has 0 unspecified atom stereocenters. The number of benzene rings is 1. The van der Waals surface area contributed by atoms with E-state index in [-0.39, 0.29) is 19.3 Å². The van der Waals surface area contributed by atoms with Crippen molar-refractivity contribution in [2.45, 2.75) is 6.54 Å². The molecule has 122 valence electrons. The quantitative estimate of drug-likeness (QED) is 0.764. The van der Waals surface area contributed by atoms with Crippen LogP contribution in [0.3, 0.4) is 0 Å². The lowest BCUT2D eigenvalue weighted by atomic mass is 10.2. The number of hydrogen-bond acceptors (Lipinski definition) is 7. The van der Waals surface area contributed by atoms with Crippen molar-refractivity contribution in [2.75, 3.05) is 13.4 Å². The Kier molecular flexibility index (Phi) is 3.87. The van der Waals surface area contributed by atoms with Gasteiger partial charge in [-0.05, 0) is 29.1 Å². The molecule has 0 fully saturated rings. The average molecular weight is 343 g/mol. The van der Waals surface area contributed by atoms with Crippen LogP contribution >= 0.6 is 11.3 Å². The van der Waals surface area contributed by atoms with Crippen LogP contribution in [0.2, 0.25) is 0 Å². The van der Waals surface area contributed by atoms with Gasteiger partial charge in [0.1, 0.15) is 11.2 Å². The predicted octanol–water partition coefficient (Wildman–Crippen LogP) is 2.12. The van der Waals surface area contributed by atoms with Crippen molar-refractivity contribution in [2.24, 2.45) is 0 Å². The van der Waals surface area contributed by atoms with Crippen LogP contribution in [0.25, 0.3) is 10.2 Å². The molecule has 4 rings (SSSR count). The van der Waals surface area contributed by atoms with Crippen LogP contribution in [0.15, 0.2) is 36.0 Å². The molecule has 3 aromatic rings. The lowest BCUT2D eigenvalue weighted by Gasteiger charge is -2.08. The molecule has 1 aliphatic rings. The van der Waals surface area contributed by atoms with Crippen LogP contribution in [0.5, 0.6) is 17.4 Å². The van der Waals surface area contributed by atoms with E-state index in [1.165, 1.54) is 17.7 Å². The highest BCUT2D eigenvalue weighted by Gasteiger charge is 2.14. The summed E-state index contributed by atoms with van der Waals surface area (Å²) in [5.74, 6) is 1.60. The zero-order valence-electron chi connectivity index (χ0n) is 12.5. The number of rotatable bonds is 5. The van der Waals surface area contributed by atoms with Crippen molar-refractivity contribution in [3.8, 4) is 17.4 Å². The van der Waals surface area contributed by atoms with Gasteiger partial charge >= 0.3 is 0 Å². The van der Waals surface area contributed by atoms with E-state index in [0.29, 0.717) is 18.2 Å². The molecule has 1 aliphatic heterocycles. The van der Waals surface area contributed by atoms with Crippen molar-refractivity contribution in [1.29, 1.82) is 0 Å². The molecule has 1 amide bonds. The van der Waals surface area contributed by atoms with Gasteiger partial charge in [0, 0.05) is 6.54 Å². The zero-order valence-corrected chi connectivity index (χ0v) is 13.3. The lowest BCUT2D eigenvalue weighted by Crippen LogP contribution is -2.28. The summed E-state index contributed by atoms with van der Waals surface area (Å²) in [5.41, 5.74) is 0.926. The number of nitrogens with one attached hydrogen (secondary N) is 1. The SMILES string of the molecule is O=C(COc1ncnc2sccc12)NCc1ccc2c(c1)OCO2. The summed E-state index contributed by atoms with van der Waals surface area (Å²) in [6, 6.07) is 7.44. The highest BCUT2D eigenvalue weighted by atomic mass is 32.1. The molecular weight excluding hydrogens is 330 g/mol. The molecular formula is C16H13N3O4S. The average Bonchev–Trinajstić information content (AvgIpc) is 3.26. The van der Waals surface area contributed by atoms with Crippen LogP contribution in [0.4, 0.5) is 0 Å². The molecule has 0 saturated carbocycles. The molecule has 24 heavy (non-hydrogen) atoms. The van der Waals surface area contributed by atoms with E-state index >= 15 is 0 Å². The predicted molar refractivity (Wildman–Crippen MR) is 87.3 cm³/mol. The van der Waals surface area contributed by atoms with E-state index in [1.54, 1.807) is 0 Å². The Hall–Kier alpha value is -2.87. The Morgan fingerprint density at radius 2 is 2.17 bits per heavy atom. The molecule has 3 heterocycles. The topological polar surface area (TPSA) is 82.6 Å². The first-order valence-electron chi connectivity index (χ1n) is 7.26. The van der Waals surface area contributed by atoms with Gasteiger partial charge in [0.25, 0.3) is 5.91 Å². The minimum absolute atomic E-state index is 0.105. The Morgan fingerprint density at radius 3 is 3.12 bits per heavy atom. The number of hydrogen-bond donors (Lipinski definition) is 1. The summed E-state index contributed by atoms with van der Waals surface area (Å²) in [4.78, 5) is 21.0. The maximum atomic E-state index is 12.0. The second-order valence-corrected chi connectivity index (χ2v) is 5.97. The van der Waals surface area contributed by atoms with Gasteiger partial charge < -0.3 is 19.5 Å². The minimum atomic E-state index is -0.227. The monoisotopic (exact) mass is 343 g/mol. The second kappa shape index (κ2) is 6.32. The number of fused-ring (bicyclic) bond motifs is 2. The summed E-state index contributed by atoms with van der Waals surface area (Å²) in [7, 11) is 0. The number of carbonyl (C=O) groups is 1. The van der Waals surface area contributed by atoms with E-state index in [4.69, 9.17) is 14.2 Å². The van der Waals surface area contributed by atoms with Gasteiger partial charge in [-0.1, -0.05) is 6.07 Å². The molecule has 0 aliphatic carbocycles. The Balaban J connectivity index is 1.33. The van der Waals surface area contributed by atoms with Gasteiger partial charge in [0.05, 0.1) is 5.39 Å². The van der Waals surface area contributed by atoms with Crippen molar-refractivity contribution in [1.82, 2.24) is 15.3 Å². The Morgan fingerprint density at radius 1 is 1.25 bits per heavy atom. The number of aromatic nitrogens is 2. The van der Waals surface area contributed by atoms with Crippen molar-refractivity contribution in [3.63, 3.8) is 0 Å². The number of ether oxygens (including phenoxy) is 3. The first kappa shape index (κ1) is 14.7. The van der Waals surface area contributed by atoms with Gasteiger partial charge in [0.15, 0.2) is 18.1 Å². The van der Waals surface area contributed by atoms with Crippen LogP contribution in [-0.4, -0.2) is 29.3 Å². The molecule has 1 aromatic carbocycles. The van der Waals surface area contributed by atoms with Crippen molar-refractivity contribution in [3.05, 3.63) is 41.5 Å². The smallest absolute Gasteiger partial charge is 0.258 e. The van der Waals surface area contributed by atoms with E-state index in [1.807, 2.05) is 29.6 Å².